The van der Waals surface area contributed by atoms with Gasteiger partial charge in [-0.2, -0.15) is 0 Å². The highest BCUT2D eigenvalue weighted by molar-refractivity contribution is 7.99. The van der Waals surface area contributed by atoms with Crippen molar-refractivity contribution in [3.63, 3.8) is 0 Å². The van der Waals surface area contributed by atoms with Gasteiger partial charge in [-0.3, -0.25) is 0 Å². The van der Waals surface area contributed by atoms with Crippen LogP contribution in [0.25, 0.3) is 0 Å². The highest BCUT2D eigenvalue weighted by atomic mass is 32.2. The molecule has 0 saturated carbocycles. The Kier molecular flexibility index (Phi) is 5.14. The van der Waals surface area contributed by atoms with E-state index in [4.69, 9.17) is 0 Å². The molecule has 0 radical (unpaired) electrons. The molecule has 0 amide bonds. The smallest absolute Gasteiger partial charge is 0.0480 e. The molecule has 1 aromatic rings. The predicted octanol–water partition coefficient (Wildman–Crippen LogP) is 3.47. The van der Waals surface area contributed by atoms with Crippen LogP contribution in [0.2, 0.25) is 0 Å². The number of benzene rings is 1. The molecular formula is C15H22N2S. The molecule has 98 valence electrons. The molecule has 1 heterocycles. The number of nitrogens with zero attached hydrogens (tertiary/aromatic N) is 1. The maximum Gasteiger partial charge on any atom is 0.0480 e. The lowest BCUT2D eigenvalue weighted by Crippen LogP contribution is -2.36. The van der Waals surface area contributed by atoms with E-state index in [9.17, 15) is 0 Å². The number of nitrogens with one attached hydrogen (secondary N) is 1. The van der Waals surface area contributed by atoms with Gasteiger partial charge < -0.3 is 10.2 Å². The van der Waals surface area contributed by atoms with Gasteiger partial charge in [0.15, 0.2) is 0 Å². The number of hydrogen-bond acceptors (Lipinski definition) is 3. The van der Waals surface area contributed by atoms with Gasteiger partial charge in [0.05, 0.1) is 0 Å². The molecule has 1 saturated heterocycles. The predicted molar refractivity (Wildman–Crippen MR) is 81.5 cm³/mol. The normalized spacial score (nSPS) is 17.6. The van der Waals surface area contributed by atoms with E-state index in [0.29, 0.717) is 6.04 Å². The van der Waals surface area contributed by atoms with E-state index in [1.807, 2.05) is 17.8 Å². The Morgan fingerprint density at radius 2 is 2.11 bits per heavy atom. The first-order chi connectivity index (χ1) is 8.79. The second-order valence-corrected chi connectivity index (χ2v) is 5.88. The number of thioether (sulfide) groups is 1. The van der Waals surface area contributed by atoms with Crippen LogP contribution in [0.3, 0.4) is 0 Å². The molecule has 1 N–H and O–H groups in total. The number of likely N-dealkylation sites (tertiary alicyclic amines) is 1. The van der Waals surface area contributed by atoms with Crippen molar-refractivity contribution in [2.75, 3.05) is 31.2 Å². The van der Waals surface area contributed by atoms with Crippen LogP contribution in [0.4, 0.5) is 5.69 Å². The first-order valence-corrected chi connectivity index (χ1v) is 7.56. The lowest BCUT2D eigenvalue weighted by Gasteiger charge is -2.30. The van der Waals surface area contributed by atoms with Crippen molar-refractivity contribution in [3.05, 3.63) is 36.9 Å². The van der Waals surface area contributed by atoms with E-state index in [0.717, 1.165) is 5.75 Å². The van der Waals surface area contributed by atoms with Gasteiger partial charge in [-0.15, -0.1) is 18.3 Å². The highest BCUT2D eigenvalue weighted by Gasteiger charge is 2.17. The zero-order valence-corrected chi connectivity index (χ0v) is 11.9. The number of rotatable bonds is 5. The summed E-state index contributed by atoms with van der Waals surface area (Å²) in [5.74, 6) is 0.964. The van der Waals surface area contributed by atoms with Gasteiger partial charge >= 0.3 is 0 Å². The Labute approximate surface area is 114 Å². The Balaban J connectivity index is 1.97. The van der Waals surface area contributed by atoms with E-state index in [1.54, 1.807) is 0 Å². The third kappa shape index (κ3) is 3.79. The van der Waals surface area contributed by atoms with E-state index in [-0.39, 0.29) is 0 Å². The minimum absolute atomic E-state index is 0.617. The summed E-state index contributed by atoms with van der Waals surface area (Å²) in [5, 5.41) is 3.70. The largest absolute Gasteiger partial charge is 0.381 e. The van der Waals surface area contributed by atoms with Crippen molar-refractivity contribution in [1.29, 1.82) is 0 Å². The van der Waals surface area contributed by atoms with Crippen LogP contribution in [0.5, 0.6) is 0 Å². The summed E-state index contributed by atoms with van der Waals surface area (Å²) in [7, 11) is 2.20. The van der Waals surface area contributed by atoms with Crippen molar-refractivity contribution in [2.45, 2.75) is 23.8 Å². The van der Waals surface area contributed by atoms with Crippen molar-refractivity contribution in [2.24, 2.45) is 0 Å². The van der Waals surface area contributed by atoms with Gasteiger partial charge in [0.1, 0.15) is 0 Å². The monoisotopic (exact) mass is 262 g/mol. The summed E-state index contributed by atoms with van der Waals surface area (Å²) in [4.78, 5) is 3.73. The van der Waals surface area contributed by atoms with Gasteiger partial charge in [-0.25, -0.2) is 0 Å². The van der Waals surface area contributed by atoms with Gasteiger partial charge in [-0.05, 0) is 45.1 Å². The van der Waals surface area contributed by atoms with E-state index in [2.05, 4.69) is 48.1 Å². The van der Waals surface area contributed by atoms with Crippen LogP contribution in [-0.2, 0) is 0 Å². The van der Waals surface area contributed by atoms with Crippen LogP contribution in [0.15, 0.2) is 41.8 Å². The molecule has 1 aliphatic heterocycles. The number of anilines is 1. The molecule has 0 spiro atoms. The summed E-state index contributed by atoms with van der Waals surface area (Å²) in [6, 6.07) is 9.20. The molecule has 0 bridgehead atoms. The van der Waals surface area contributed by atoms with Crippen molar-refractivity contribution < 1.29 is 0 Å². The first kappa shape index (κ1) is 13.5. The zero-order chi connectivity index (χ0) is 12.8. The van der Waals surface area contributed by atoms with Crippen molar-refractivity contribution in [3.8, 4) is 0 Å². The third-order valence-corrected chi connectivity index (χ3v) is 4.39. The van der Waals surface area contributed by atoms with Crippen LogP contribution < -0.4 is 5.32 Å². The minimum atomic E-state index is 0.617. The van der Waals surface area contributed by atoms with Gasteiger partial charge in [-0.1, -0.05) is 18.2 Å². The molecule has 2 rings (SSSR count). The van der Waals surface area contributed by atoms with Crippen LogP contribution in [0, 0.1) is 0 Å². The van der Waals surface area contributed by atoms with Crippen LogP contribution in [-0.4, -0.2) is 36.8 Å². The summed E-state index contributed by atoms with van der Waals surface area (Å²) >= 11 is 1.85. The topological polar surface area (TPSA) is 15.3 Å². The van der Waals surface area contributed by atoms with E-state index >= 15 is 0 Å². The Bertz CT molecular complexity index is 384. The van der Waals surface area contributed by atoms with E-state index in [1.165, 1.54) is 36.5 Å². The molecule has 18 heavy (non-hydrogen) atoms. The lowest BCUT2D eigenvalue weighted by atomic mass is 10.1. The number of hydrogen-bond donors (Lipinski definition) is 1. The van der Waals surface area contributed by atoms with Crippen LogP contribution >= 0.6 is 11.8 Å². The van der Waals surface area contributed by atoms with Gasteiger partial charge in [0.2, 0.25) is 0 Å². The van der Waals surface area contributed by atoms with Crippen molar-refractivity contribution >= 4 is 17.4 Å². The standard InChI is InChI=1S/C15H22N2S/c1-3-12-18-15-7-5-4-6-14(15)16-13-8-10-17(2)11-9-13/h3-7,13,16H,1,8-12H2,2H3. The van der Waals surface area contributed by atoms with Crippen LogP contribution in [0.1, 0.15) is 12.8 Å². The third-order valence-electron chi connectivity index (χ3n) is 3.32. The fourth-order valence-corrected chi connectivity index (χ4v) is 2.99. The summed E-state index contributed by atoms with van der Waals surface area (Å²) < 4.78 is 0. The van der Waals surface area contributed by atoms with Gasteiger partial charge in [0, 0.05) is 22.4 Å². The molecule has 2 nitrogen and oxygen atoms in total. The Hall–Kier alpha value is -0.930. The maximum absolute atomic E-state index is 3.78. The molecule has 0 atom stereocenters. The minimum Gasteiger partial charge on any atom is -0.381 e. The Morgan fingerprint density at radius 1 is 1.39 bits per heavy atom. The zero-order valence-electron chi connectivity index (χ0n) is 11.1. The molecule has 0 aliphatic carbocycles. The quantitative estimate of drug-likeness (QED) is 0.646. The first-order valence-electron chi connectivity index (χ1n) is 6.57. The average molecular weight is 262 g/mol. The maximum atomic E-state index is 3.78. The van der Waals surface area contributed by atoms with Gasteiger partial charge in [0.25, 0.3) is 0 Å². The SMILES string of the molecule is C=CCSc1ccccc1NC1CCN(C)CC1. The molecule has 0 aromatic heterocycles. The molecule has 1 aromatic carbocycles. The summed E-state index contributed by atoms with van der Waals surface area (Å²) in [6.07, 6.45) is 4.42. The fraction of sp³-hybridized carbons (Fsp3) is 0.467. The number of piperidine rings is 1. The van der Waals surface area contributed by atoms with E-state index < -0.39 is 0 Å². The fourth-order valence-electron chi connectivity index (χ4n) is 2.23. The highest BCUT2D eigenvalue weighted by Crippen LogP contribution is 2.28. The molecule has 0 unspecified atom stereocenters. The molecule has 3 heteroatoms. The molecular weight excluding hydrogens is 240 g/mol. The summed E-state index contributed by atoms with van der Waals surface area (Å²) in [6.45, 7) is 6.17. The second-order valence-electron chi connectivity index (χ2n) is 4.82. The number of para-hydroxylation sites is 1. The summed E-state index contributed by atoms with van der Waals surface area (Å²) in [5.41, 5.74) is 1.28. The Morgan fingerprint density at radius 3 is 2.83 bits per heavy atom. The van der Waals surface area contributed by atoms with Crippen molar-refractivity contribution in [1.82, 2.24) is 4.90 Å². The lowest BCUT2D eigenvalue weighted by molar-refractivity contribution is 0.264. The molecule has 1 aliphatic rings. The average Bonchev–Trinajstić information content (AvgIpc) is 2.40. The second kappa shape index (κ2) is 6.86. The molecule has 1 fully saturated rings.